The normalized spacial score (nSPS) is 21.9. The third-order valence-corrected chi connectivity index (χ3v) is 11.4. The monoisotopic (exact) mass is 831 g/mol. The number of terminal acetylenes is 1. The fourth-order valence-corrected chi connectivity index (χ4v) is 7.90. The molecule has 1 aromatic heterocycles. The van der Waals surface area contributed by atoms with Gasteiger partial charge in [0, 0.05) is 24.5 Å². The molecule has 3 heterocycles. The largest absolute Gasteiger partial charge is 0.360 e. The maximum atomic E-state index is 14.7. The van der Waals surface area contributed by atoms with E-state index in [9.17, 15) is 28.8 Å². The van der Waals surface area contributed by atoms with E-state index >= 15 is 0 Å². The van der Waals surface area contributed by atoms with Crippen molar-refractivity contribution in [2.45, 2.75) is 118 Å². The fourth-order valence-electron chi connectivity index (χ4n) is 7.21. The minimum atomic E-state index is -1.10. The predicted molar refractivity (Wildman–Crippen MR) is 228 cm³/mol. The van der Waals surface area contributed by atoms with Crippen molar-refractivity contribution in [2.75, 3.05) is 19.6 Å². The van der Waals surface area contributed by atoms with E-state index in [2.05, 4.69) is 42.8 Å². The van der Waals surface area contributed by atoms with Crippen LogP contribution in [0, 0.1) is 35.0 Å². The molecule has 0 aliphatic carbocycles. The van der Waals surface area contributed by atoms with Crippen molar-refractivity contribution in [3.63, 3.8) is 0 Å². The highest BCUT2D eigenvalue weighted by Gasteiger charge is 2.44. The van der Waals surface area contributed by atoms with Gasteiger partial charge >= 0.3 is 0 Å². The molecule has 1 saturated heterocycles. The number of fused-ring (bicyclic) bond motifs is 1. The van der Waals surface area contributed by atoms with Crippen LogP contribution in [0.15, 0.2) is 46.9 Å². The second kappa shape index (κ2) is 20.1. The van der Waals surface area contributed by atoms with Crippen LogP contribution in [0.25, 0.3) is 0 Å². The number of thiazole rings is 1. The van der Waals surface area contributed by atoms with Gasteiger partial charge in [-0.1, -0.05) is 98.6 Å². The Labute approximate surface area is 352 Å². The zero-order valence-corrected chi connectivity index (χ0v) is 36.5. The minimum Gasteiger partial charge on any atom is -0.360 e. The first-order chi connectivity index (χ1) is 27.7. The number of nitrogens with one attached hydrogen (secondary N) is 6. The summed E-state index contributed by atoms with van der Waals surface area (Å²) in [5, 5.41) is 20.2. The Bertz CT molecular complexity index is 1880. The summed E-state index contributed by atoms with van der Waals surface area (Å²) in [4.78, 5) is 94.0. The molecule has 0 spiro atoms. The second-order valence-corrected chi connectivity index (χ2v) is 18.8. The highest BCUT2D eigenvalue weighted by molar-refractivity contribution is 7.09. The molecule has 2 aliphatic heterocycles. The zero-order chi connectivity index (χ0) is 43.7. The van der Waals surface area contributed by atoms with Crippen molar-refractivity contribution in [1.29, 1.82) is 0 Å². The summed E-state index contributed by atoms with van der Waals surface area (Å²) in [5.41, 5.74) is -0.718. The molecule has 16 heteroatoms. The average Bonchev–Trinajstić information content (AvgIpc) is 3.84. The number of aliphatic imine (C=N–C) groups is 1. The van der Waals surface area contributed by atoms with Crippen LogP contribution in [0.4, 0.5) is 0 Å². The smallest absolute Gasteiger partial charge is 0.244 e. The van der Waals surface area contributed by atoms with E-state index in [-0.39, 0.29) is 61.3 Å². The van der Waals surface area contributed by atoms with Crippen LogP contribution in [0.1, 0.15) is 91.8 Å². The standard InChI is InChI=1S/C43H61N9O6S/c1-11-18-44-30(53)23-29(41-45-19-21-59-41)48-37(55)28(22-27-15-13-12-14-16-27)47-40(58)35(43(8,9)10)50-36-34(42(5,6)7)51-38(56)32(25(2)3)49-39(57)33-26(4)17-20-52(33)31(54)24-46-36/h1,12-16,19,21,25-26,28-29,32-35H,17-18,20,22-24H2,2-10H3,(H,44,53)(H,46,50)(H,47,58)(H,48,55)(H,49,57)(H,51,56)/t26-,28+,29+,32+,33+,34-,35+/m1/s1. The van der Waals surface area contributed by atoms with E-state index in [4.69, 9.17) is 11.4 Å². The summed E-state index contributed by atoms with van der Waals surface area (Å²) in [7, 11) is 0. The van der Waals surface area contributed by atoms with Gasteiger partial charge in [-0.2, -0.15) is 0 Å². The number of rotatable bonds is 12. The van der Waals surface area contributed by atoms with Crippen molar-refractivity contribution in [2.24, 2.45) is 27.7 Å². The molecule has 59 heavy (non-hydrogen) atoms. The number of amides is 6. The highest BCUT2D eigenvalue weighted by atomic mass is 32.1. The summed E-state index contributed by atoms with van der Waals surface area (Å²) >= 11 is 1.28. The Morgan fingerprint density at radius 2 is 1.69 bits per heavy atom. The van der Waals surface area contributed by atoms with Crippen molar-refractivity contribution in [3.05, 3.63) is 52.5 Å². The van der Waals surface area contributed by atoms with E-state index in [0.29, 0.717) is 18.0 Å². The van der Waals surface area contributed by atoms with Gasteiger partial charge < -0.3 is 36.8 Å². The average molecular weight is 832 g/mol. The molecule has 0 radical (unpaired) electrons. The van der Waals surface area contributed by atoms with Gasteiger partial charge in [0.2, 0.25) is 35.4 Å². The summed E-state index contributed by atoms with van der Waals surface area (Å²) in [6.45, 7) is 16.9. The Kier molecular flexibility index (Phi) is 15.8. The topological polar surface area (TPSA) is 203 Å². The van der Waals surface area contributed by atoms with Crippen LogP contribution in [-0.4, -0.2) is 101 Å². The quantitative estimate of drug-likeness (QED) is 0.175. The lowest BCUT2D eigenvalue weighted by atomic mass is 9.82. The van der Waals surface area contributed by atoms with Gasteiger partial charge in [-0.3, -0.25) is 33.8 Å². The van der Waals surface area contributed by atoms with Gasteiger partial charge in [0.25, 0.3) is 0 Å². The number of hydrogen-bond acceptors (Lipinski definition) is 10. The molecule has 0 saturated carbocycles. The van der Waals surface area contributed by atoms with Crippen LogP contribution in [-0.2, 0) is 35.2 Å². The number of nitrogens with zero attached hydrogens (tertiary/aromatic N) is 3. The molecular weight excluding hydrogens is 771 g/mol. The fraction of sp³-hybridized carbons (Fsp3) is 0.581. The molecule has 15 nitrogen and oxygen atoms in total. The van der Waals surface area contributed by atoms with E-state index < -0.39 is 64.8 Å². The third kappa shape index (κ3) is 12.6. The summed E-state index contributed by atoms with van der Waals surface area (Å²) in [6, 6.07) is 3.78. The first-order valence-electron chi connectivity index (χ1n) is 20.2. The molecule has 1 aromatic carbocycles. The lowest BCUT2D eigenvalue weighted by molar-refractivity contribution is -0.140. The number of hydrogen-bond donors (Lipinski definition) is 6. The number of carbonyl (C=O) groups excluding carboxylic acids is 6. The Balaban J connectivity index is 1.72. The van der Waals surface area contributed by atoms with Crippen molar-refractivity contribution in [3.8, 4) is 12.3 Å². The van der Waals surface area contributed by atoms with Gasteiger partial charge in [-0.25, -0.2) is 4.98 Å². The Hall–Kier alpha value is -5.30. The second-order valence-electron chi connectivity index (χ2n) is 17.8. The lowest BCUT2D eigenvalue weighted by Gasteiger charge is -2.39. The van der Waals surface area contributed by atoms with E-state index in [1.54, 1.807) is 11.6 Å². The minimum absolute atomic E-state index is 0.0251. The van der Waals surface area contributed by atoms with E-state index in [0.717, 1.165) is 5.56 Å². The molecule has 0 bridgehead atoms. The first kappa shape index (κ1) is 46.4. The summed E-state index contributed by atoms with van der Waals surface area (Å²) in [5.74, 6) is -0.444. The lowest BCUT2D eigenvalue weighted by Crippen LogP contribution is -2.64. The molecule has 7 atom stereocenters. The number of aromatic nitrogens is 1. The van der Waals surface area contributed by atoms with Crippen molar-refractivity contribution < 1.29 is 28.8 Å². The Morgan fingerprint density at radius 3 is 2.29 bits per heavy atom. The van der Waals surface area contributed by atoms with Crippen molar-refractivity contribution >= 4 is 52.6 Å². The van der Waals surface area contributed by atoms with Crippen LogP contribution in [0.3, 0.4) is 0 Å². The molecule has 6 amide bonds. The van der Waals surface area contributed by atoms with Gasteiger partial charge in [-0.05, 0) is 34.7 Å². The van der Waals surface area contributed by atoms with Gasteiger partial charge in [0.05, 0.1) is 25.0 Å². The molecule has 0 unspecified atom stereocenters. The van der Waals surface area contributed by atoms with Crippen LogP contribution >= 0.6 is 11.3 Å². The summed E-state index contributed by atoms with van der Waals surface area (Å²) < 4.78 is 0. The molecule has 1 fully saturated rings. The zero-order valence-electron chi connectivity index (χ0n) is 35.7. The Morgan fingerprint density at radius 1 is 1.00 bits per heavy atom. The number of amidine groups is 1. The van der Waals surface area contributed by atoms with Crippen LogP contribution in [0.5, 0.6) is 0 Å². The third-order valence-electron chi connectivity index (χ3n) is 10.5. The van der Waals surface area contributed by atoms with E-state index in [1.807, 2.05) is 92.6 Å². The first-order valence-corrected chi connectivity index (χ1v) is 21.0. The van der Waals surface area contributed by atoms with Crippen LogP contribution < -0.4 is 31.9 Å². The molecular formula is C43H61N9O6S. The SMILES string of the molecule is C#CCNC(=O)C[C@H](NC(=O)[C@H](Cc1ccccc1)NC(=O)[C@H](NC1=NCC(=O)N2CC[C@@H](C)[C@H]2C(=O)N[C@@H](C(C)C)C(=O)N[C@H]1C(C)(C)C)C(C)(C)C)c1nccs1. The maximum absolute atomic E-state index is 14.7. The summed E-state index contributed by atoms with van der Waals surface area (Å²) in [6.07, 6.45) is 7.53. The maximum Gasteiger partial charge on any atom is 0.244 e. The molecule has 2 aliphatic rings. The van der Waals surface area contributed by atoms with Crippen molar-refractivity contribution in [1.82, 2.24) is 41.8 Å². The molecule has 6 N–H and O–H groups in total. The van der Waals surface area contributed by atoms with Gasteiger partial charge in [-0.15, -0.1) is 17.8 Å². The highest BCUT2D eigenvalue weighted by Crippen LogP contribution is 2.28. The van der Waals surface area contributed by atoms with Gasteiger partial charge in [0.15, 0.2) is 0 Å². The predicted octanol–water partition coefficient (Wildman–Crippen LogP) is 2.49. The van der Waals surface area contributed by atoms with E-state index in [1.165, 1.54) is 16.2 Å². The number of benzene rings is 1. The van der Waals surface area contributed by atoms with Crippen LogP contribution in [0.2, 0.25) is 0 Å². The molecule has 4 rings (SSSR count). The molecule has 2 aromatic rings. The number of carbonyl (C=O) groups is 6. The molecule has 320 valence electrons. The van der Waals surface area contributed by atoms with Gasteiger partial charge in [0.1, 0.15) is 41.6 Å².